The Morgan fingerprint density at radius 1 is 1.48 bits per heavy atom. The molecular formula is C14H16ClFN4O. The normalized spacial score (nSPS) is 15.7. The maximum absolute atomic E-state index is 13.6. The molecule has 112 valence electrons. The molecule has 1 aromatic rings. The first-order chi connectivity index (χ1) is 10.1. The third kappa shape index (κ3) is 5.07. The average Bonchev–Trinajstić information content (AvgIpc) is 3.25. The fourth-order valence-electron chi connectivity index (χ4n) is 1.58. The molecule has 0 aromatic heterocycles. The van der Waals surface area contributed by atoms with Gasteiger partial charge in [-0.15, -0.1) is 0 Å². The Labute approximate surface area is 127 Å². The summed E-state index contributed by atoms with van der Waals surface area (Å²) in [6.45, 7) is 0.701. The van der Waals surface area contributed by atoms with Crippen LogP contribution in [0.4, 0.5) is 14.9 Å². The second-order valence-electron chi connectivity index (χ2n) is 4.75. The number of halogens is 2. The van der Waals surface area contributed by atoms with Gasteiger partial charge in [0.05, 0.1) is 10.7 Å². The zero-order valence-electron chi connectivity index (χ0n) is 11.3. The lowest BCUT2D eigenvalue weighted by Crippen LogP contribution is -2.20. The van der Waals surface area contributed by atoms with Gasteiger partial charge in [0.15, 0.2) is 11.7 Å². The molecule has 0 radical (unpaired) electrons. The van der Waals surface area contributed by atoms with Crippen molar-refractivity contribution in [1.29, 1.82) is 0 Å². The molecule has 7 heteroatoms. The Morgan fingerprint density at radius 3 is 2.86 bits per heavy atom. The summed E-state index contributed by atoms with van der Waals surface area (Å²) < 4.78 is 13.6. The smallest absolute Gasteiger partial charge is 0.347 e. The van der Waals surface area contributed by atoms with Crippen molar-refractivity contribution >= 4 is 29.2 Å². The van der Waals surface area contributed by atoms with Gasteiger partial charge >= 0.3 is 6.03 Å². The fraction of sp³-hybridized carbons (Fsp3) is 0.286. The number of nitrogens with zero attached hydrogens (tertiary/aromatic N) is 1. The van der Waals surface area contributed by atoms with Gasteiger partial charge in [0.25, 0.3) is 0 Å². The first-order valence-electron chi connectivity index (χ1n) is 6.55. The van der Waals surface area contributed by atoms with Crippen LogP contribution in [0.3, 0.4) is 0 Å². The van der Waals surface area contributed by atoms with Gasteiger partial charge in [-0.1, -0.05) is 23.7 Å². The standard InChI is InChI=1S/C14H16ClFN4O/c15-10-3-1-2-4-12(10)19-14(21)20-13(17)11(16)8-18-7-9-5-6-9/h1-4,8-9,18H,5-7H2,(H3,17,19,20,21)/b11-8+. The second-order valence-corrected chi connectivity index (χ2v) is 5.16. The van der Waals surface area contributed by atoms with E-state index >= 15 is 0 Å². The van der Waals surface area contributed by atoms with Gasteiger partial charge < -0.3 is 16.4 Å². The Bertz CT molecular complexity index is 584. The summed E-state index contributed by atoms with van der Waals surface area (Å²) in [6, 6.07) is 5.87. The monoisotopic (exact) mass is 310 g/mol. The summed E-state index contributed by atoms with van der Waals surface area (Å²) in [7, 11) is 0. The van der Waals surface area contributed by atoms with Crippen molar-refractivity contribution in [1.82, 2.24) is 5.32 Å². The molecule has 0 aliphatic heterocycles. The first-order valence-corrected chi connectivity index (χ1v) is 6.93. The zero-order chi connectivity index (χ0) is 15.2. The van der Waals surface area contributed by atoms with Crippen LogP contribution in [0.2, 0.25) is 5.02 Å². The van der Waals surface area contributed by atoms with Crippen LogP contribution in [0.1, 0.15) is 12.8 Å². The van der Waals surface area contributed by atoms with Crippen molar-refractivity contribution in [3.63, 3.8) is 0 Å². The lowest BCUT2D eigenvalue weighted by Gasteiger charge is -2.04. The Hall–Kier alpha value is -2.08. The minimum atomic E-state index is -0.786. The van der Waals surface area contributed by atoms with E-state index in [1.807, 2.05) is 0 Å². The van der Waals surface area contributed by atoms with E-state index in [0.29, 0.717) is 23.2 Å². The Kier molecular flexibility index (Phi) is 5.16. The van der Waals surface area contributed by atoms with Gasteiger partial charge in [-0.2, -0.15) is 4.99 Å². The van der Waals surface area contributed by atoms with E-state index in [0.717, 1.165) is 19.0 Å². The molecule has 21 heavy (non-hydrogen) atoms. The van der Waals surface area contributed by atoms with Crippen molar-refractivity contribution in [2.45, 2.75) is 12.8 Å². The molecule has 5 nitrogen and oxygen atoms in total. The van der Waals surface area contributed by atoms with Gasteiger partial charge in [0.1, 0.15) is 0 Å². The third-order valence-corrected chi connectivity index (χ3v) is 3.24. The summed E-state index contributed by atoms with van der Waals surface area (Å²) >= 11 is 5.88. The van der Waals surface area contributed by atoms with Crippen LogP contribution in [0.25, 0.3) is 0 Å². The number of amidine groups is 1. The Balaban J connectivity index is 1.90. The van der Waals surface area contributed by atoms with Crippen LogP contribution in [-0.4, -0.2) is 18.4 Å². The van der Waals surface area contributed by atoms with Crippen LogP contribution in [-0.2, 0) is 0 Å². The van der Waals surface area contributed by atoms with Crippen LogP contribution in [0.15, 0.2) is 41.3 Å². The van der Waals surface area contributed by atoms with Crippen LogP contribution in [0, 0.1) is 5.92 Å². The molecule has 0 unspecified atom stereocenters. The molecule has 2 amide bonds. The van der Waals surface area contributed by atoms with E-state index < -0.39 is 17.7 Å². The highest BCUT2D eigenvalue weighted by molar-refractivity contribution is 6.33. The molecule has 2 rings (SSSR count). The summed E-state index contributed by atoms with van der Waals surface area (Å²) in [5.41, 5.74) is 5.80. The molecule has 0 atom stereocenters. The molecule has 1 aliphatic carbocycles. The molecule has 1 aliphatic rings. The molecule has 1 fully saturated rings. The number of rotatable bonds is 5. The number of hydrogen-bond acceptors (Lipinski definition) is 2. The third-order valence-electron chi connectivity index (χ3n) is 2.91. The molecule has 0 heterocycles. The molecule has 1 aromatic carbocycles. The molecule has 0 saturated heterocycles. The van der Waals surface area contributed by atoms with Gasteiger partial charge in [0, 0.05) is 12.7 Å². The number of urea groups is 1. The van der Waals surface area contributed by atoms with Crippen LogP contribution < -0.4 is 16.4 Å². The van der Waals surface area contributed by atoms with Crippen molar-refractivity contribution < 1.29 is 9.18 Å². The number of nitrogens with one attached hydrogen (secondary N) is 2. The highest BCUT2D eigenvalue weighted by atomic mass is 35.5. The lowest BCUT2D eigenvalue weighted by atomic mass is 10.3. The van der Waals surface area contributed by atoms with Crippen LogP contribution in [0.5, 0.6) is 0 Å². The number of hydrogen-bond donors (Lipinski definition) is 3. The zero-order valence-corrected chi connectivity index (χ0v) is 12.0. The van der Waals surface area contributed by atoms with Crippen LogP contribution >= 0.6 is 11.6 Å². The molecule has 0 bridgehead atoms. The highest BCUT2D eigenvalue weighted by Crippen LogP contribution is 2.27. The summed E-state index contributed by atoms with van der Waals surface area (Å²) in [4.78, 5) is 15.0. The van der Waals surface area contributed by atoms with Gasteiger partial charge in [0.2, 0.25) is 0 Å². The number of anilines is 1. The largest absolute Gasteiger partial charge is 0.388 e. The fourth-order valence-corrected chi connectivity index (χ4v) is 1.76. The van der Waals surface area contributed by atoms with Crippen molar-refractivity contribution in [2.75, 3.05) is 11.9 Å². The van der Waals surface area contributed by atoms with Gasteiger partial charge in [-0.3, -0.25) is 0 Å². The van der Waals surface area contributed by atoms with E-state index in [-0.39, 0.29) is 0 Å². The SMILES string of the molecule is NC(=NC(=O)Nc1ccccc1Cl)/C(F)=C\NCC1CC1. The maximum atomic E-state index is 13.6. The van der Waals surface area contributed by atoms with Crippen molar-refractivity contribution in [3.05, 3.63) is 41.3 Å². The molecule has 4 N–H and O–H groups in total. The second kappa shape index (κ2) is 7.08. The van der Waals surface area contributed by atoms with E-state index in [4.69, 9.17) is 17.3 Å². The van der Waals surface area contributed by atoms with E-state index in [1.54, 1.807) is 24.3 Å². The minimum absolute atomic E-state index is 0.363. The van der Waals surface area contributed by atoms with E-state index in [2.05, 4.69) is 15.6 Å². The average molecular weight is 311 g/mol. The number of nitrogens with two attached hydrogens (primary N) is 1. The van der Waals surface area contributed by atoms with Gasteiger partial charge in [-0.05, 0) is 30.9 Å². The predicted molar refractivity (Wildman–Crippen MR) is 82.0 cm³/mol. The molecule has 1 saturated carbocycles. The number of amides is 2. The number of benzene rings is 1. The predicted octanol–water partition coefficient (Wildman–Crippen LogP) is 3.04. The first kappa shape index (κ1) is 15.3. The maximum Gasteiger partial charge on any atom is 0.347 e. The van der Waals surface area contributed by atoms with Crippen molar-refractivity contribution in [3.8, 4) is 0 Å². The molecular weight excluding hydrogens is 295 g/mol. The minimum Gasteiger partial charge on any atom is -0.388 e. The number of carbonyl (C=O) groups excluding carboxylic acids is 1. The quantitative estimate of drug-likeness (QED) is 0.577. The van der Waals surface area contributed by atoms with E-state index in [9.17, 15) is 9.18 Å². The number of aliphatic imine (C=N–C) groups is 1. The number of para-hydroxylation sites is 1. The summed E-state index contributed by atoms with van der Waals surface area (Å²) in [5, 5.41) is 5.60. The molecule has 0 spiro atoms. The van der Waals surface area contributed by atoms with E-state index in [1.165, 1.54) is 0 Å². The van der Waals surface area contributed by atoms with Gasteiger partial charge in [-0.25, -0.2) is 9.18 Å². The topological polar surface area (TPSA) is 79.5 Å². The summed E-state index contributed by atoms with van der Waals surface area (Å²) in [6.07, 6.45) is 3.44. The van der Waals surface area contributed by atoms with Crippen molar-refractivity contribution in [2.24, 2.45) is 16.6 Å². The number of carbonyl (C=O) groups is 1. The lowest BCUT2D eigenvalue weighted by molar-refractivity contribution is 0.259. The Morgan fingerprint density at radius 2 is 2.19 bits per heavy atom. The highest BCUT2D eigenvalue weighted by Gasteiger charge is 2.20. The summed E-state index contributed by atoms with van der Waals surface area (Å²) in [5.74, 6) is -0.649.